The molecule has 0 atom stereocenters. The molecule has 2 amide bonds. The third-order valence-corrected chi connectivity index (χ3v) is 3.55. The van der Waals surface area contributed by atoms with Crippen molar-refractivity contribution in [2.45, 2.75) is 32.6 Å². The Balaban J connectivity index is 1.81. The molecule has 4 N–H and O–H groups in total. The minimum atomic E-state index is -0.0467. The lowest BCUT2D eigenvalue weighted by molar-refractivity contribution is -0.117. The van der Waals surface area contributed by atoms with E-state index in [1.54, 1.807) is 24.3 Å². The van der Waals surface area contributed by atoms with Crippen LogP contribution in [0.3, 0.4) is 0 Å². The van der Waals surface area contributed by atoms with Gasteiger partial charge in [0.15, 0.2) is 0 Å². The Morgan fingerprint density at radius 2 is 1.33 bits per heavy atom. The zero-order valence-corrected chi connectivity index (χ0v) is 13.8. The van der Waals surface area contributed by atoms with Crippen molar-refractivity contribution in [3.05, 3.63) is 54.1 Å². The van der Waals surface area contributed by atoms with Crippen LogP contribution in [0.15, 0.2) is 48.5 Å². The second kappa shape index (κ2) is 8.72. The van der Waals surface area contributed by atoms with E-state index >= 15 is 0 Å². The highest BCUT2D eigenvalue weighted by Crippen LogP contribution is 2.15. The molecule has 0 aliphatic carbocycles. The fourth-order valence-electron chi connectivity index (χ4n) is 2.25. The number of anilines is 3. The third kappa shape index (κ3) is 5.76. The van der Waals surface area contributed by atoms with Gasteiger partial charge in [0.25, 0.3) is 0 Å². The first-order valence-electron chi connectivity index (χ1n) is 8.11. The number of nitrogens with one attached hydrogen (secondary N) is 2. The van der Waals surface area contributed by atoms with Crippen LogP contribution in [0, 0.1) is 0 Å². The molecule has 0 radical (unpaired) electrons. The molecule has 5 heteroatoms. The molecule has 126 valence electrons. The molecule has 0 aliphatic rings. The monoisotopic (exact) mass is 325 g/mol. The summed E-state index contributed by atoms with van der Waals surface area (Å²) < 4.78 is 0. The highest BCUT2D eigenvalue weighted by Gasteiger charge is 2.05. The Hall–Kier alpha value is -2.82. The van der Waals surface area contributed by atoms with Gasteiger partial charge in [0, 0.05) is 29.9 Å². The number of nitrogen functional groups attached to an aromatic ring is 1. The summed E-state index contributed by atoms with van der Waals surface area (Å²) in [7, 11) is 0. The minimum absolute atomic E-state index is 0.00205. The number of benzene rings is 2. The van der Waals surface area contributed by atoms with Gasteiger partial charge in [0.2, 0.25) is 11.8 Å². The molecule has 0 aromatic heterocycles. The summed E-state index contributed by atoms with van der Waals surface area (Å²) >= 11 is 0. The number of amides is 2. The molecule has 24 heavy (non-hydrogen) atoms. The van der Waals surface area contributed by atoms with Gasteiger partial charge in [0.05, 0.1) is 0 Å². The number of rotatable bonds is 7. The first-order valence-corrected chi connectivity index (χ1v) is 8.11. The van der Waals surface area contributed by atoms with Gasteiger partial charge in [0.1, 0.15) is 0 Å². The van der Waals surface area contributed by atoms with Gasteiger partial charge in [-0.05, 0) is 54.8 Å². The molecule has 0 spiro atoms. The van der Waals surface area contributed by atoms with E-state index in [4.69, 9.17) is 5.73 Å². The van der Waals surface area contributed by atoms with Crippen molar-refractivity contribution >= 4 is 28.9 Å². The maximum atomic E-state index is 12.0. The molecule has 0 fully saturated rings. The fourth-order valence-corrected chi connectivity index (χ4v) is 2.25. The fraction of sp³-hybridized carbons (Fsp3) is 0.263. The second-order valence-corrected chi connectivity index (χ2v) is 5.67. The van der Waals surface area contributed by atoms with Crippen molar-refractivity contribution in [1.29, 1.82) is 0 Å². The first kappa shape index (κ1) is 17.5. The third-order valence-electron chi connectivity index (χ3n) is 3.55. The SMILES string of the molecule is CCCC(=O)Nc1ccc(NC(=O)CCc2ccc(N)cc2)cc1. The van der Waals surface area contributed by atoms with E-state index in [0.717, 1.165) is 17.7 Å². The number of aryl methyl sites for hydroxylation is 1. The van der Waals surface area contributed by atoms with E-state index in [9.17, 15) is 9.59 Å². The summed E-state index contributed by atoms with van der Waals surface area (Å²) in [6.07, 6.45) is 2.38. The average molecular weight is 325 g/mol. The lowest BCUT2D eigenvalue weighted by atomic mass is 10.1. The minimum Gasteiger partial charge on any atom is -0.399 e. The molecule has 0 saturated carbocycles. The largest absolute Gasteiger partial charge is 0.399 e. The number of carbonyl (C=O) groups is 2. The van der Waals surface area contributed by atoms with E-state index in [0.29, 0.717) is 30.6 Å². The number of nitrogens with two attached hydrogens (primary N) is 1. The topological polar surface area (TPSA) is 84.2 Å². The maximum Gasteiger partial charge on any atom is 0.224 e. The molecule has 0 bridgehead atoms. The van der Waals surface area contributed by atoms with Gasteiger partial charge in [-0.2, -0.15) is 0 Å². The number of carbonyl (C=O) groups excluding carboxylic acids is 2. The summed E-state index contributed by atoms with van der Waals surface area (Å²) in [5.74, 6) is -0.0487. The van der Waals surface area contributed by atoms with E-state index in [2.05, 4.69) is 10.6 Å². The molecular formula is C19H23N3O2. The Kier molecular flexibility index (Phi) is 6.37. The van der Waals surface area contributed by atoms with Crippen molar-refractivity contribution in [2.75, 3.05) is 16.4 Å². The lowest BCUT2D eigenvalue weighted by Crippen LogP contribution is -2.13. The maximum absolute atomic E-state index is 12.0. The van der Waals surface area contributed by atoms with Crippen LogP contribution in [0.1, 0.15) is 31.7 Å². The highest BCUT2D eigenvalue weighted by atomic mass is 16.2. The highest BCUT2D eigenvalue weighted by molar-refractivity contribution is 5.93. The van der Waals surface area contributed by atoms with Crippen LogP contribution < -0.4 is 16.4 Å². The van der Waals surface area contributed by atoms with E-state index < -0.39 is 0 Å². The van der Waals surface area contributed by atoms with Crippen molar-refractivity contribution in [3.63, 3.8) is 0 Å². The van der Waals surface area contributed by atoms with Crippen LogP contribution in [0.25, 0.3) is 0 Å². The van der Waals surface area contributed by atoms with Gasteiger partial charge in [-0.3, -0.25) is 9.59 Å². The van der Waals surface area contributed by atoms with Crippen LogP contribution in [0.4, 0.5) is 17.1 Å². The van der Waals surface area contributed by atoms with E-state index in [-0.39, 0.29) is 11.8 Å². The van der Waals surface area contributed by atoms with Crippen LogP contribution in [-0.4, -0.2) is 11.8 Å². The Morgan fingerprint density at radius 1 is 0.833 bits per heavy atom. The van der Waals surface area contributed by atoms with Gasteiger partial charge < -0.3 is 16.4 Å². The van der Waals surface area contributed by atoms with Crippen LogP contribution in [0.5, 0.6) is 0 Å². The molecule has 2 aromatic rings. The number of hydrogen-bond donors (Lipinski definition) is 3. The van der Waals surface area contributed by atoms with Crippen molar-refractivity contribution in [1.82, 2.24) is 0 Å². The number of hydrogen-bond acceptors (Lipinski definition) is 3. The molecule has 0 saturated heterocycles. The van der Waals surface area contributed by atoms with Gasteiger partial charge in [-0.25, -0.2) is 0 Å². The zero-order chi connectivity index (χ0) is 17.4. The van der Waals surface area contributed by atoms with Gasteiger partial charge in [-0.1, -0.05) is 19.1 Å². The van der Waals surface area contributed by atoms with Crippen molar-refractivity contribution < 1.29 is 9.59 Å². The van der Waals surface area contributed by atoms with Gasteiger partial charge in [-0.15, -0.1) is 0 Å². The van der Waals surface area contributed by atoms with Crippen LogP contribution in [-0.2, 0) is 16.0 Å². The van der Waals surface area contributed by atoms with E-state index in [1.165, 1.54) is 0 Å². The normalized spacial score (nSPS) is 10.2. The van der Waals surface area contributed by atoms with Crippen LogP contribution >= 0.6 is 0 Å². The molecule has 2 rings (SSSR count). The molecule has 0 unspecified atom stereocenters. The standard InChI is InChI=1S/C19H23N3O2/c1-2-3-18(23)21-16-9-11-17(12-10-16)22-19(24)13-6-14-4-7-15(20)8-5-14/h4-5,7-12H,2-3,6,13,20H2,1H3,(H,21,23)(H,22,24). The van der Waals surface area contributed by atoms with Crippen molar-refractivity contribution in [3.8, 4) is 0 Å². The Bertz CT molecular complexity index is 679. The predicted molar refractivity (Wildman–Crippen MR) is 97.8 cm³/mol. The lowest BCUT2D eigenvalue weighted by Gasteiger charge is -2.08. The average Bonchev–Trinajstić information content (AvgIpc) is 2.56. The molecular weight excluding hydrogens is 302 g/mol. The summed E-state index contributed by atoms with van der Waals surface area (Å²) in [4.78, 5) is 23.5. The summed E-state index contributed by atoms with van der Waals surface area (Å²) in [6, 6.07) is 14.6. The summed E-state index contributed by atoms with van der Waals surface area (Å²) in [6.45, 7) is 1.96. The van der Waals surface area contributed by atoms with Gasteiger partial charge >= 0.3 is 0 Å². The molecule has 0 aliphatic heterocycles. The smallest absolute Gasteiger partial charge is 0.224 e. The van der Waals surface area contributed by atoms with E-state index in [1.807, 2.05) is 31.2 Å². The predicted octanol–water partition coefficient (Wildman–Crippen LogP) is 3.58. The first-order chi connectivity index (χ1) is 11.6. The van der Waals surface area contributed by atoms with Crippen molar-refractivity contribution in [2.24, 2.45) is 0 Å². The molecule has 5 nitrogen and oxygen atoms in total. The Labute approximate surface area is 142 Å². The quantitative estimate of drug-likeness (QED) is 0.680. The summed E-state index contributed by atoms with van der Waals surface area (Å²) in [5, 5.41) is 5.67. The molecule has 0 heterocycles. The Morgan fingerprint density at radius 3 is 1.83 bits per heavy atom. The zero-order valence-electron chi connectivity index (χ0n) is 13.8. The second-order valence-electron chi connectivity index (χ2n) is 5.67. The molecule has 2 aromatic carbocycles. The van der Waals surface area contributed by atoms with Crippen LogP contribution in [0.2, 0.25) is 0 Å². The summed E-state index contributed by atoms with van der Waals surface area (Å²) in [5.41, 5.74) is 8.88.